The lowest BCUT2D eigenvalue weighted by molar-refractivity contribution is -0.230. The van der Waals surface area contributed by atoms with E-state index < -0.39 is 30.5 Å². The van der Waals surface area contributed by atoms with E-state index in [4.69, 9.17) is 4.74 Å². The maximum Gasteiger partial charge on any atom is 0.234 e. The van der Waals surface area contributed by atoms with Crippen molar-refractivity contribution >= 4 is 5.91 Å². The summed E-state index contributed by atoms with van der Waals surface area (Å²) < 4.78 is 5.58. The van der Waals surface area contributed by atoms with Gasteiger partial charge in [0.1, 0.15) is 24.4 Å². The Morgan fingerprint density at radius 2 is 1.84 bits per heavy atom. The first-order valence-corrected chi connectivity index (χ1v) is 6.49. The fourth-order valence-corrected chi connectivity index (χ4v) is 2.14. The van der Waals surface area contributed by atoms with Crippen LogP contribution >= 0.6 is 0 Å². The lowest BCUT2D eigenvalue weighted by atomic mass is 9.89. The molecule has 5 N–H and O–H groups in total. The Labute approximate surface area is 113 Å². The van der Waals surface area contributed by atoms with Crippen LogP contribution in [0.25, 0.3) is 0 Å². The highest BCUT2D eigenvalue weighted by atomic mass is 16.5. The minimum Gasteiger partial charge on any atom is -0.388 e. The molecule has 1 aliphatic heterocycles. The lowest BCUT2D eigenvalue weighted by Crippen LogP contribution is -2.61. The van der Waals surface area contributed by atoms with E-state index in [1.807, 2.05) is 13.8 Å². The Morgan fingerprint density at radius 1 is 1.21 bits per heavy atom. The molecule has 0 saturated carbocycles. The van der Waals surface area contributed by atoms with Crippen LogP contribution in [0.5, 0.6) is 0 Å². The van der Waals surface area contributed by atoms with Crippen molar-refractivity contribution in [3.63, 3.8) is 0 Å². The van der Waals surface area contributed by atoms with Crippen LogP contribution in [-0.2, 0) is 9.53 Å². The molecule has 0 aromatic carbocycles. The minimum absolute atomic E-state index is 0.00680. The van der Waals surface area contributed by atoms with Crippen molar-refractivity contribution in [1.82, 2.24) is 10.6 Å². The zero-order chi connectivity index (χ0) is 14.6. The number of amides is 1. The molecule has 5 atom stereocenters. The standard InChI is InChI=1S/C12H24N2O5/c1-6(2)12-11(18)10(17)9(16)7(19-12)4-14-8(15)5-13-3/h6-7,9-13,16-18H,4-5H2,1-3H3,(H,14,15)/t7-,9-,10+,11-,12?/m1/s1. The van der Waals surface area contributed by atoms with Crippen LogP contribution in [0.3, 0.4) is 0 Å². The second-order valence-corrected chi connectivity index (χ2v) is 5.19. The molecule has 1 saturated heterocycles. The molecule has 1 rings (SSSR count). The van der Waals surface area contributed by atoms with E-state index in [0.717, 1.165) is 0 Å². The molecular formula is C12H24N2O5. The number of hydrogen-bond donors (Lipinski definition) is 5. The normalized spacial score (nSPS) is 35.4. The smallest absolute Gasteiger partial charge is 0.234 e. The summed E-state index contributed by atoms with van der Waals surface area (Å²) >= 11 is 0. The Morgan fingerprint density at radius 3 is 2.37 bits per heavy atom. The zero-order valence-electron chi connectivity index (χ0n) is 11.5. The predicted molar refractivity (Wildman–Crippen MR) is 68.5 cm³/mol. The average molecular weight is 276 g/mol. The molecule has 19 heavy (non-hydrogen) atoms. The molecule has 7 heteroatoms. The van der Waals surface area contributed by atoms with Crippen LogP contribution in [0.15, 0.2) is 0 Å². The van der Waals surface area contributed by atoms with Crippen molar-refractivity contribution in [3.05, 3.63) is 0 Å². The largest absolute Gasteiger partial charge is 0.388 e. The second kappa shape index (κ2) is 7.16. The van der Waals surface area contributed by atoms with Gasteiger partial charge in [-0.25, -0.2) is 0 Å². The summed E-state index contributed by atoms with van der Waals surface area (Å²) in [5.74, 6) is -0.229. The first-order valence-electron chi connectivity index (χ1n) is 6.49. The molecular weight excluding hydrogens is 252 g/mol. The van der Waals surface area contributed by atoms with Gasteiger partial charge in [-0.05, 0) is 13.0 Å². The van der Waals surface area contributed by atoms with Gasteiger partial charge in [0.2, 0.25) is 5.91 Å². The Balaban J connectivity index is 2.59. The zero-order valence-corrected chi connectivity index (χ0v) is 11.5. The van der Waals surface area contributed by atoms with Crippen molar-refractivity contribution in [2.75, 3.05) is 20.1 Å². The predicted octanol–water partition coefficient (Wildman–Crippen LogP) is -2.17. The van der Waals surface area contributed by atoms with Gasteiger partial charge in [-0.1, -0.05) is 13.8 Å². The number of aliphatic hydroxyl groups is 3. The third-order valence-corrected chi connectivity index (χ3v) is 3.24. The Hall–Kier alpha value is -0.730. The molecule has 1 aliphatic rings. The summed E-state index contributed by atoms with van der Waals surface area (Å²) in [5.41, 5.74) is 0. The Bertz CT molecular complexity index is 300. The van der Waals surface area contributed by atoms with E-state index in [0.29, 0.717) is 0 Å². The van der Waals surface area contributed by atoms with E-state index in [9.17, 15) is 20.1 Å². The number of rotatable bonds is 5. The van der Waals surface area contributed by atoms with E-state index in [-0.39, 0.29) is 24.9 Å². The molecule has 1 amide bonds. The third kappa shape index (κ3) is 4.12. The van der Waals surface area contributed by atoms with E-state index >= 15 is 0 Å². The highest BCUT2D eigenvalue weighted by molar-refractivity contribution is 5.77. The maximum atomic E-state index is 11.3. The molecule has 1 fully saturated rings. The van der Waals surface area contributed by atoms with Gasteiger partial charge < -0.3 is 30.7 Å². The second-order valence-electron chi connectivity index (χ2n) is 5.19. The van der Waals surface area contributed by atoms with Crippen molar-refractivity contribution in [2.24, 2.45) is 5.92 Å². The third-order valence-electron chi connectivity index (χ3n) is 3.24. The van der Waals surface area contributed by atoms with Gasteiger partial charge in [0.25, 0.3) is 0 Å². The van der Waals surface area contributed by atoms with E-state index in [1.54, 1.807) is 7.05 Å². The van der Waals surface area contributed by atoms with Crippen LogP contribution in [0.2, 0.25) is 0 Å². The van der Waals surface area contributed by atoms with Gasteiger partial charge in [0.05, 0.1) is 12.6 Å². The fraction of sp³-hybridized carbons (Fsp3) is 0.917. The SMILES string of the molecule is CNCC(=O)NC[C@H]1OC(C(C)C)[C@H](O)[C@@H](O)[C@@H]1O. The molecule has 0 bridgehead atoms. The molecule has 0 spiro atoms. The van der Waals surface area contributed by atoms with Crippen LogP contribution in [-0.4, -0.2) is 71.9 Å². The van der Waals surface area contributed by atoms with Crippen LogP contribution < -0.4 is 10.6 Å². The summed E-state index contributed by atoms with van der Waals surface area (Å²) in [7, 11) is 1.65. The number of carbonyl (C=O) groups is 1. The van der Waals surface area contributed by atoms with Gasteiger partial charge in [0.15, 0.2) is 0 Å². The summed E-state index contributed by atoms with van der Waals surface area (Å²) in [6.07, 6.45) is -4.91. The monoisotopic (exact) mass is 276 g/mol. The van der Waals surface area contributed by atoms with Crippen molar-refractivity contribution < 1.29 is 24.9 Å². The Kier molecular flexibility index (Phi) is 6.15. The molecule has 1 unspecified atom stereocenters. The highest BCUT2D eigenvalue weighted by Gasteiger charge is 2.44. The van der Waals surface area contributed by atoms with Crippen molar-refractivity contribution in [2.45, 2.75) is 44.4 Å². The molecule has 0 aromatic heterocycles. The van der Waals surface area contributed by atoms with Gasteiger partial charge >= 0.3 is 0 Å². The maximum absolute atomic E-state index is 11.3. The minimum atomic E-state index is -1.27. The summed E-state index contributed by atoms with van der Waals surface area (Å²) in [6, 6.07) is 0. The highest BCUT2D eigenvalue weighted by Crippen LogP contribution is 2.25. The quantitative estimate of drug-likeness (QED) is 0.391. The van der Waals surface area contributed by atoms with Crippen LogP contribution in [0.1, 0.15) is 13.8 Å². The molecule has 0 aliphatic carbocycles. The topological polar surface area (TPSA) is 111 Å². The lowest BCUT2D eigenvalue weighted by Gasteiger charge is -2.42. The van der Waals surface area contributed by atoms with Crippen molar-refractivity contribution in [1.29, 1.82) is 0 Å². The molecule has 112 valence electrons. The molecule has 1 heterocycles. The van der Waals surface area contributed by atoms with Crippen LogP contribution in [0, 0.1) is 5.92 Å². The first-order chi connectivity index (χ1) is 8.88. The number of aliphatic hydroxyl groups excluding tert-OH is 3. The number of carbonyl (C=O) groups excluding carboxylic acids is 1. The number of nitrogens with one attached hydrogen (secondary N) is 2. The van der Waals surface area contributed by atoms with Gasteiger partial charge in [0, 0.05) is 6.54 Å². The van der Waals surface area contributed by atoms with E-state index in [2.05, 4.69) is 10.6 Å². The summed E-state index contributed by atoms with van der Waals surface area (Å²) in [5, 5.41) is 34.8. The number of ether oxygens (including phenoxy) is 1. The average Bonchev–Trinajstić information content (AvgIpc) is 2.35. The number of hydrogen-bond acceptors (Lipinski definition) is 6. The van der Waals surface area contributed by atoms with Crippen LogP contribution in [0.4, 0.5) is 0 Å². The van der Waals surface area contributed by atoms with Crippen molar-refractivity contribution in [3.8, 4) is 0 Å². The summed E-state index contributed by atoms with van der Waals surface area (Å²) in [4.78, 5) is 11.3. The molecule has 0 aromatic rings. The summed E-state index contributed by atoms with van der Waals surface area (Å²) in [6.45, 7) is 3.97. The van der Waals surface area contributed by atoms with Gasteiger partial charge in [-0.15, -0.1) is 0 Å². The number of likely N-dealkylation sites (N-methyl/N-ethyl adjacent to an activating group) is 1. The van der Waals surface area contributed by atoms with E-state index in [1.165, 1.54) is 0 Å². The van der Waals surface area contributed by atoms with Gasteiger partial charge in [-0.2, -0.15) is 0 Å². The molecule has 7 nitrogen and oxygen atoms in total. The fourth-order valence-electron chi connectivity index (χ4n) is 2.14. The van der Waals surface area contributed by atoms with Gasteiger partial charge in [-0.3, -0.25) is 4.79 Å². The molecule has 0 radical (unpaired) electrons. The first kappa shape index (κ1) is 16.3.